The molecule has 5 nitrogen and oxygen atoms in total. The maximum Gasteiger partial charge on any atom is 0.410 e. The third kappa shape index (κ3) is 5.55. The van der Waals surface area contributed by atoms with E-state index in [4.69, 9.17) is 9.47 Å². The largest absolute Gasteiger partial charge is 0.444 e. The number of amides is 1. The van der Waals surface area contributed by atoms with E-state index >= 15 is 0 Å². The Morgan fingerprint density at radius 1 is 1.33 bits per heavy atom. The molecule has 2 aliphatic heterocycles. The van der Waals surface area contributed by atoms with Crippen molar-refractivity contribution in [3.8, 4) is 0 Å². The Hall–Kier alpha value is -0.950. The van der Waals surface area contributed by atoms with Crippen molar-refractivity contribution in [3.05, 3.63) is 0 Å². The highest BCUT2D eigenvalue weighted by molar-refractivity contribution is 5.69. The first-order valence-corrected chi connectivity index (χ1v) is 8.77. The fraction of sp³-hybridized carbons (Fsp3) is 0.941. The summed E-state index contributed by atoms with van der Waals surface area (Å²) in [6.07, 6.45) is 0.0729. The van der Waals surface area contributed by atoms with Gasteiger partial charge in [0.15, 0.2) is 0 Å². The van der Waals surface area contributed by atoms with Crippen LogP contribution in [0.3, 0.4) is 0 Å². The Labute approximate surface area is 143 Å². The molecular formula is C17H30F2N2O3. The van der Waals surface area contributed by atoms with E-state index in [1.54, 1.807) is 20.8 Å². The zero-order valence-corrected chi connectivity index (χ0v) is 15.2. The number of carbonyl (C=O) groups excluding carboxylic acids is 1. The Kier molecular flexibility index (Phi) is 6.07. The second kappa shape index (κ2) is 7.52. The predicted octanol–water partition coefficient (Wildman–Crippen LogP) is 2.99. The lowest BCUT2D eigenvalue weighted by atomic mass is 10.1. The van der Waals surface area contributed by atoms with Crippen molar-refractivity contribution in [3.63, 3.8) is 0 Å². The van der Waals surface area contributed by atoms with E-state index in [0.29, 0.717) is 25.7 Å². The monoisotopic (exact) mass is 348 g/mol. The molecule has 7 heteroatoms. The molecule has 0 aromatic carbocycles. The summed E-state index contributed by atoms with van der Waals surface area (Å²) >= 11 is 0. The van der Waals surface area contributed by atoms with Crippen LogP contribution in [0.4, 0.5) is 13.6 Å². The lowest BCUT2D eigenvalue weighted by molar-refractivity contribution is -0.00262. The average Bonchev–Trinajstić information content (AvgIpc) is 2.99. The molecule has 0 aromatic heterocycles. The summed E-state index contributed by atoms with van der Waals surface area (Å²) in [5.41, 5.74) is -0.685. The highest BCUT2D eigenvalue weighted by Crippen LogP contribution is 2.34. The number of carbonyl (C=O) groups is 1. The molecule has 2 unspecified atom stereocenters. The number of nitrogens with zero attached hydrogens (tertiary/aromatic N) is 2. The predicted molar refractivity (Wildman–Crippen MR) is 87.3 cm³/mol. The third-order valence-electron chi connectivity index (χ3n) is 4.40. The SMILES string of the molecule is CCOCC1CCN(CC2CC(F)(F)CN2C(=O)OC(C)(C)C)C1. The van der Waals surface area contributed by atoms with Crippen molar-refractivity contribution in [2.24, 2.45) is 5.92 Å². The summed E-state index contributed by atoms with van der Waals surface area (Å²) in [5, 5.41) is 0. The summed E-state index contributed by atoms with van der Waals surface area (Å²) in [6, 6.07) is -0.499. The van der Waals surface area contributed by atoms with Crippen molar-refractivity contribution < 1.29 is 23.0 Å². The molecule has 2 rings (SSSR count). The van der Waals surface area contributed by atoms with Crippen LogP contribution in [0.15, 0.2) is 0 Å². The first kappa shape index (κ1) is 19.4. The lowest BCUT2D eigenvalue weighted by Gasteiger charge is -2.30. The summed E-state index contributed by atoms with van der Waals surface area (Å²) in [5.74, 6) is -2.40. The van der Waals surface area contributed by atoms with E-state index in [9.17, 15) is 13.6 Å². The highest BCUT2D eigenvalue weighted by Gasteiger charge is 2.48. The summed E-state index contributed by atoms with van der Waals surface area (Å²) in [7, 11) is 0. The number of alkyl halides is 2. The van der Waals surface area contributed by atoms with Crippen LogP contribution in [0.5, 0.6) is 0 Å². The molecule has 2 atom stereocenters. The van der Waals surface area contributed by atoms with E-state index in [2.05, 4.69) is 4.90 Å². The molecule has 0 aromatic rings. The second-order valence-electron chi connectivity index (χ2n) is 7.90. The molecular weight excluding hydrogens is 318 g/mol. The van der Waals surface area contributed by atoms with Gasteiger partial charge in [-0.25, -0.2) is 13.6 Å². The van der Waals surface area contributed by atoms with Crippen molar-refractivity contribution in [2.75, 3.05) is 39.4 Å². The van der Waals surface area contributed by atoms with Gasteiger partial charge in [-0.15, -0.1) is 0 Å². The molecule has 140 valence electrons. The number of hydrogen-bond donors (Lipinski definition) is 0. The molecule has 0 bridgehead atoms. The van der Waals surface area contributed by atoms with Crippen LogP contribution in [0.2, 0.25) is 0 Å². The zero-order chi connectivity index (χ0) is 18.0. The summed E-state index contributed by atoms with van der Waals surface area (Å²) in [6.45, 7) is 10.2. The van der Waals surface area contributed by atoms with Gasteiger partial charge in [0, 0.05) is 26.1 Å². The van der Waals surface area contributed by atoms with Gasteiger partial charge >= 0.3 is 6.09 Å². The van der Waals surface area contributed by atoms with Gasteiger partial charge in [0.2, 0.25) is 0 Å². The average molecular weight is 348 g/mol. The second-order valence-corrected chi connectivity index (χ2v) is 7.90. The normalized spacial score (nSPS) is 27.7. The van der Waals surface area contributed by atoms with Gasteiger partial charge in [-0.3, -0.25) is 4.90 Å². The van der Waals surface area contributed by atoms with Crippen LogP contribution >= 0.6 is 0 Å². The summed E-state index contributed by atoms with van der Waals surface area (Å²) in [4.78, 5) is 15.6. The van der Waals surface area contributed by atoms with E-state index in [1.165, 1.54) is 4.90 Å². The quantitative estimate of drug-likeness (QED) is 0.766. The maximum absolute atomic E-state index is 13.9. The molecule has 0 aliphatic carbocycles. The molecule has 0 radical (unpaired) electrons. The Bertz CT molecular complexity index is 440. The van der Waals surface area contributed by atoms with E-state index in [1.807, 2.05) is 6.92 Å². The van der Waals surface area contributed by atoms with Gasteiger partial charge in [0.1, 0.15) is 5.60 Å². The molecule has 1 amide bonds. The molecule has 0 N–H and O–H groups in total. The lowest BCUT2D eigenvalue weighted by Crippen LogP contribution is -2.45. The van der Waals surface area contributed by atoms with Crippen LogP contribution in [-0.2, 0) is 9.47 Å². The van der Waals surface area contributed by atoms with Gasteiger partial charge in [-0.2, -0.15) is 0 Å². The third-order valence-corrected chi connectivity index (χ3v) is 4.40. The topological polar surface area (TPSA) is 42.0 Å². The molecule has 24 heavy (non-hydrogen) atoms. The molecule has 2 heterocycles. The fourth-order valence-electron chi connectivity index (χ4n) is 3.39. The highest BCUT2D eigenvalue weighted by atomic mass is 19.3. The smallest absolute Gasteiger partial charge is 0.410 e. The van der Waals surface area contributed by atoms with Crippen LogP contribution < -0.4 is 0 Å². The first-order chi connectivity index (χ1) is 11.1. The van der Waals surface area contributed by atoms with Crippen LogP contribution in [0.1, 0.15) is 40.5 Å². The number of likely N-dealkylation sites (tertiary alicyclic amines) is 2. The Morgan fingerprint density at radius 3 is 2.67 bits per heavy atom. The zero-order valence-electron chi connectivity index (χ0n) is 15.2. The van der Waals surface area contributed by atoms with Gasteiger partial charge < -0.3 is 14.4 Å². The first-order valence-electron chi connectivity index (χ1n) is 8.77. The van der Waals surface area contributed by atoms with Gasteiger partial charge in [0.25, 0.3) is 5.92 Å². The van der Waals surface area contributed by atoms with Crippen LogP contribution in [0, 0.1) is 5.92 Å². The van der Waals surface area contributed by atoms with E-state index < -0.39 is 30.2 Å². The van der Waals surface area contributed by atoms with Crippen molar-refractivity contribution in [2.45, 2.75) is 58.1 Å². The number of ether oxygens (including phenoxy) is 2. The standard InChI is InChI=1S/C17H30F2N2O3/c1-5-23-11-13-6-7-20(9-13)10-14-8-17(18,19)12-21(14)15(22)24-16(2,3)4/h13-14H,5-12H2,1-4H3. The Balaban J connectivity index is 1.93. The van der Waals surface area contributed by atoms with Crippen molar-refractivity contribution >= 4 is 6.09 Å². The van der Waals surface area contributed by atoms with E-state index in [-0.39, 0.29) is 6.42 Å². The molecule has 0 spiro atoms. The minimum Gasteiger partial charge on any atom is -0.444 e. The van der Waals surface area contributed by atoms with Gasteiger partial charge in [0.05, 0.1) is 19.2 Å². The fourth-order valence-corrected chi connectivity index (χ4v) is 3.39. The van der Waals surface area contributed by atoms with Crippen LogP contribution in [0.25, 0.3) is 0 Å². The molecule has 2 fully saturated rings. The minimum absolute atomic E-state index is 0.293. The summed E-state index contributed by atoms with van der Waals surface area (Å²) < 4.78 is 38.5. The number of rotatable bonds is 5. The number of hydrogen-bond acceptors (Lipinski definition) is 4. The van der Waals surface area contributed by atoms with Gasteiger partial charge in [-0.05, 0) is 46.6 Å². The van der Waals surface area contributed by atoms with Crippen LogP contribution in [-0.4, -0.2) is 72.9 Å². The minimum atomic E-state index is -2.84. The van der Waals surface area contributed by atoms with Gasteiger partial charge in [-0.1, -0.05) is 0 Å². The Morgan fingerprint density at radius 2 is 2.04 bits per heavy atom. The van der Waals surface area contributed by atoms with E-state index in [0.717, 1.165) is 19.5 Å². The van der Waals surface area contributed by atoms with Crippen molar-refractivity contribution in [1.29, 1.82) is 0 Å². The maximum atomic E-state index is 13.9. The molecule has 0 saturated carbocycles. The van der Waals surface area contributed by atoms with Crippen molar-refractivity contribution in [1.82, 2.24) is 9.80 Å². The molecule has 2 saturated heterocycles. The molecule has 2 aliphatic rings. The number of halogens is 2.